The molecule has 2 aromatic carbocycles. The molecular formula is C21H15ClN2O4S. The van der Waals surface area contributed by atoms with Gasteiger partial charge in [0, 0.05) is 11.3 Å². The second kappa shape index (κ2) is 8.14. The number of halogens is 1. The zero-order chi connectivity index (χ0) is 20.4. The molecule has 0 saturated carbocycles. The zero-order valence-electron chi connectivity index (χ0n) is 15.1. The van der Waals surface area contributed by atoms with Crippen molar-refractivity contribution in [2.24, 2.45) is 0 Å². The minimum Gasteiger partial charge on any atom is -0.451 e. The number of hydrogen-bond donors (Lipinski definition) is 1. The molecule has 0 unspecified atom stereocenters. The number of amides is 3. The van der Waals surface area contributed by atoms with E-state index in [1.165, 1.54) is 4.90 Å². The first-order chi connectivity index (χ1) is 14.0. The van der Waals surface area contributed by atoms with Crippen LogP contribution in [0, 0.1) is 0 Å². The number of rotatable bonds is 5. The van der Waals surface area contributed by atoms with Gasteiger partial charge in [-0.25, -0.2) is 0 Å². The van der Waals surface area contributed by atoms with E-state index in [1.807, 2.05) is 18.2 Å². The highest BCUT2D eigenvalue weighted by Crippen LogP contribution is 2.29. The van der Waals surface area contributed by atoms with E-state index in [4.69, 9.17) is 16.0 Å². The van der Waals surface area contributed by atoms with Gasteiger partial charge in [-0.15, -0.1) is 0 Å². The zero-order valence-corrected chi connectivity index (χ0v) is 16.6. The molecule has 146 valence electrons. The Bertz CT molecular complexity index is 1080. The number of nitrogens with zero attached hydrogens (tertiary/aromatic N) is 1. The highest BCUT2D eigenvalue weighted by molar-refractivity contribution is 8.14. The van der Waals surface area contributed by atoms with Crippen molar-refractivity contribution in [3.63, 3.8) is 0 Å². The Kier molecular flexibility index (Phi) is 5.42. The Morgan fingerprint density at radius 1 is 1.07 bits per heavy atom. The summed E-state index contributed by atoms with van der Waals surface area (Å²) >= 11 is 7.17. The molecule has 4 rings (SSSR count). The van der Waals surface area contributed by atoms with Crippen LogP contribution in [0.4, 0.5) is 10.5 Å². The van der Waals surface area contributed by atoms with Crippen LogP contribution >= 0.6 is 23.4 Å². The summed E-state index contributed by atoms with van der Waals surface area (Å²) < 4.78 is 5.64. The summed E-state index contributed by atoms with van der Waals surface area (Å²) in [7, 11) is 0. The highest BCUT2D eigenvalue weighted by atomic mass is 35.5. The van der Waals surface area contributed by atoms with E-state index >= 15 is 0 Å². The lowest BCUT2D eigenvalue weighted by atomic mass is 10.2. The Labute approximate surface area is 175 Å². The molecule has 2 heterocycles. The molecule has 0 spiro atoms. The van der Waals surface area contributed by atoms with E-state index < -0.39 is 5.91 Å². The summed E-state index contributed by atoms with van der Waals surface area (Å²) in [5, 5.41) is 3.06. The van der Waals surface area contributed by atoms with Crippen LogP contribution in [0.1, 0.15) is 16.1 Å². The van der Waals surface area contributed by atoms with Crippen molar-refractivity contribution in [1.29, 1.82) is 0 Å². The third-order valence-electron chi connectivity index (χ3n) is 4.36. The lowest BCUT2D eigenvalue weighted by molar-refractivity contribution is -0.125. The van der Waals surface area contributed by atoms with Gasteiger partial charge < -0.3 is 9.73 Å². The van der Waals surface area contributed by atoms with Crippen LogP contribution in [0.15, 0.2) is 65.1 Å². The number of thioether (sulfide) groups is 1. The fraction of sp³-hybridized carbons (Fsp3) is 0.0952. The van der Waals surface area contributed by atoms with Crippen molar-refractivity contribution in [2.75, 3.05) is 11.1 Å². The predicted molar refractivity (Wildman–Crippen MR) is 112 cm³/mol. The van der Waals surface area contributed by atoms with E-state index in [2.05, 4.69) is 5.32 Å². The standard InChI is InChI=1S/C21H15ClN2O4S/c22-16-4-2-1-3-15(16)17-9-10-18(28-17)20(26)23-14-7-5-13(6-8-14)11-24-19(25)12-29-21(24)27/h1-10H,11-12H2,(H,23,26). The van der Waals surface area contributed by atoms with Gasteiger partial charge in [0.05, 0.1) is 17.3 Å². The fourth-order valence-corrected chi connectivity index (χ4v) is 3.82. The molecule has 1 aliphatic rings. The molecule has 0 radical (unpaired) electrons. The average Bonchev–Trinajstić information content (AvgIpc) is 3.32. The molecular weight excluding hydrogens is 412 g/mol. The fourth-order valence-electron chi connectivity index (χ4n) is 2.87. The quantitative estimate of drug-likeness (QED) is 0.617. The van der Waals surface area contributed by atoms with Gasteiger partial charge in [0.25, 0.3) is 11.1 Å². The number of furan rings is 1. The number of anilines is 1. The SMILES string of the molecule is O=C(Nc1ccc(CN2C(=O)CSC2=O)cc1)c1ccc(-c2ccccc2Cl)o1. The van der Waals surface area contributed by atoms with Crippen LogP contribution < -0.4 is 5.32 Å². The third kappa shape index (κ3) is 4.21. The van der Waals surface area contributed by atoms with Gasteiger partial charge in [-0.3, -0.25) is 19.3 Å². The molecule has 3 aromatic rings. The Hall–Kier alpha value is -3.03. The monoisotopic (exact) mass is 426 g/mol. The first-order valence-electron chi connectivity index (χ1n) is 8.73. The average molecular weight is 427 g/mol. The van der Waals surface area contributed by atoms with Gasteiger partial charge >= 0.3 is 0 Å². The van der Waals surface area contributed by atoms with Crippen molar-refractivity contribution in [3.05, 3.63) is 77.0 Å². The maximum atomic E-state index is 12.5. The summed E-state index contributed by atoms with van der Waals surface area (Å²) in [5.74, 6) is 0.275. The van der Waals surface area contributed by atoms with Crippen molar-refractivity contribution in [2.45, 2.75) is 6.54 Å². The molecule has 29 heavy (non-hydrogen) atoms. The normalized spacial score (nSPS) is 13.8. The predicted octanol–water partition coefficient (Wildman–Crippen LogP) is 5.05. The first kappa shape index (κ1) is 19.3. The van der Waals surface area contributed by atoms with Crippen LogP contribution in [0.2, 0.25) is 5.02 Å². The molecule has 1 aromatic heterocycles. The van der Waals surface area contributed by atoms with Gasteiger partial charge in [-0.05, 0) is 42.0 Å². The van der Waals surface area contributed by atoms with Gasteiger partial charge in [0.1, 0.15) is 5.76 Å². The summed E-state index contributed by atoms with van der Waals surface area (Å²) in [5.41, 5.74) is 2.08. The van der Waals surface area contributed by atoms with Crippen LogP contribution in [-0.2, 0) is 11.3 Å². The molecule has 1 N–H and O–H groups in total. The van der Waals surface area contributed by atoms with Crippen LogP contribution in [0.5, 0.6) is 0 Å². The minimum atomic E-state index is -0.391. The van der Waals surface area contributed by atoms with Crippen molar-refractivity contribution >= 4 is 46.1 Å². The Morgan fingerprint density at radius 3 is 2.52 bits per heavy atom. The van der Waals surface area contributed by atoms with Gasteiger partial charge in [-0.2, -0.15) is 0 Å². The summed E-state index contributed by atoms with van der Waals surface area (Å²) in [6.07, 6.45) is 0. The second-order valence-electron chi connectivity index (χ2n) is 6.33. The van der Waals surface area contributed by atoms with Crippen molar-refractivity contribution in [1.82, 2.24) is 4.90 Å². The molecule has 8 heteroatoms. The molecule has 1 aliphatic heterocycles. The van der Waals surface area contributed by atoms with Gasteiger partial charge in [0.15, 0.2) is 5.76 Å². The number of imide groups is 1. The third-order valence-corrected chi connectivity index (χ3v) is 5.55. The molecule has 0 atom stereocenters. The van der Waals surface area contributed by atoms with Crippen LogP contribution in [0.3, 0.4) is 0 Å². The number of hydrogen-bond acceptors (Lipinski definition) is 5. The summed E-state index contributed by atoms with van der Waals surface area (Å²) in [6, 6.07) is 17.5. The highest BCUT2D eigenvalue weighted by Gasteiger charge is 2.29. The number of benzene rings is 2. The lowest BCUT2D eigenvalue weighted by Gasteiger charge is -2.13. The molecule has 0 bridgehead atoms. The van der Waals surface area contributed by atoms with Gasteiger partial charge in [0.2, 0.25) is 5.91 Å². The number of carbonyl (C=O) groups excluding carboxylic acids is 3. The smallest absolute Gasteiger partial charge is 0.291 e. The van der Waals surface area contributed by atoms with Crippen LogP contribution in [-0.4, -0.2) is 27.7 Å². The van der Waals surface area contributed by atoms with Gasteiger partial charge in [-0.1, -0.05) is 47.6 Å². The maximum absolute atomic E-state index is 12.5. The molecule has 3 amide bonds. The topological polar surface area (TPSA) is 79.6 Å². The van der Waals surface area contributed by atoms with Crippen LogP contribution in [0.25, 0.3) is 11.3 Å². The lowest BCUT2D eigenvalue weighted by Crippen LogP contribution is -2.27. The van der Waals surface area contributed by atoms with E-state index in [0.29, 0.717) is 22.0 Å². The molecule has 0 aliphatic carbocycles. The summed E-state index contributed by atoms with van der Waals surface area (Å²) in [6.45, 7) is 0.221. The summed E-state index contributed by atoms with van der Waals surface area (Å²) in [4.78, 5) is 37.0. The number of nitrogens with one attached hydrogen (secondary N) is 1. The molecule has 6 nitrogen and oxygen atoms in total. The van der Waals surface area contributed by atoms with E-state index in [-0.39, 0.29) is 29.2 Å². The first-order valence-corrected chi connectivity index (χ1v) is 10.1. The van der Waals surface area contributed by atoms with E-state index in [9.17, 15) is 14.4 Å². The Balaban J connectivity index is 1.42. The molecule has 1 saturated heterocycles. The minimum absolute atomic E-state index is 0.161. The largest absolute Gasteiger partial charge is 0.451 e. The molecule has 1 fully saturated rings. The van der Waals surface area contributed by atoms with E-state index in [1.54, 1.807) is 42.5 Å². The van der Waals surface area contributed by atoms with E-state index in [0.717, 1.165) is 17.3 Å². The van der Waals surface area contributed by atoms with Crippen molar-refractivity contribution < 1.29 is 18.8 Å². The number of carbonyl (C=O) groups is 3. The Morgan fingerprint density at radius 2 is 1.83 bits per heavy atom. The van der Waals surface area contributed by atoms with Crippen molar-refractivity contribution in [3.8, 4) is 11.3 Å². The maximum Gasteiger partial charge on any atom is 0.291 e. The second-order valence-corrected chi connectivity index (χ2v) is 7.66.